The van der Waals surface area contributed by atoms with Crippen LogP contribution in [0.4, 0.5) is 0 Å². The molecule has 2 atom stereocenters. The average molecular weight is 571 g/mol. The molecule has 200 valence electrons. The zero-order valence-corrected chi connectivity index (χ0v) is 24.6. The molecule has 0 N–H and O–H groups in total. The summed E-state index contributed by atoms with van der Waals surface area (Å²) in [6.45, 7) is 6.77. The van der Waals surface area contributed by atoms with Gasteiger partial charge in [0.2, 0.25) is 0 Å². The average Bonchev–Trinajstić information content (AvgIpc) is 3.13. The third kappa shape index (κ3) is 6.93. The number of piperazine rings is 1. The third-order valence-corrected chi connectivity index (χ3v) is 10.9. The summed E-state index contributed by atoms with van der Waals surface area (Å²) in [5.41, 5.74) is 5.67. The lowest BCUT2D eigenvalue weighted by Gasteiger charge is -2.35. The number of fused-ring (bicyclic) bond motifs is 2. The van der Waals surface area contributed by atoms with E-state index in [0.29, 0.717) is 10.5 Å². The molecule has 4 aromatic carbocycles. The summed E-state index contributed by atoms with van der Waals surface area (Å²) in [5.74, 6) is 0. The van der Waals surface area contributed by atoms with Crippen molar-refractivity contribution in [3.63, 3.8) is 0 Å². The van der Waals surface area contributed by atoms with Crippen LogP contribution < -0.4 is 0 Å². The van der Waals surface area contributed by atoms with Crippen molar-refractivity contribution in [1.82, 2.24) is 9.80 Å². The van der Waals surface area contributed by atoms with E-state index in [1.807, 2.05) is 17.8 Å². The first-order valence-corrected chi connectivity index (χ1v) is 16.1. The minimum absolute atomic E-state index is 0.390. The maximum Gasteiger partial charge on any atom is 0.0409 e. The Morgan fingerprint density at radius 1 is 0.769 bits per heavy atom. The molecular weight excluding hydrogens is 536 g/mol. The molecule has 4 aromatic rings. The number of thioether (sulfide) groups is 1. The zero-order valence-electron chi connectivity index (χ0n) is 22.2. The maximum atomic E-state index is 6.46. The Hall–Kier alpha value is -2.21. The minimum Gasteiger partial charge on any atom is -0.301 e. The third-order valence-electron chi connectivity index (χ3n) is 7.83. The van der Waals surface area contributed by atoms with Gasteiger partial charge in [-0.2, -0.15) is 0 Å². The van der Waals surface area contributed by atoms with Crippen LogP contribution >= 0.6 is 35.1 Å². The molecule has 2 heterocycles. The summed E-state index contributed by atoms with van der Waals surface area (Å²) in [6, 6.07) is 37.4. The van der Waals surface area contributed by atoms with E-state index in [2.05, 4.69) is 119 Å². The van der Waals surface area contributed by atoms with Gasteiger partial charge in [0.05, 0.1) is 0 Å². The molecule has 2 aliphatic rings. The quantitative estimate of drug-likeness (QED) is 0.209. The van der Waals surface area contributed by atoms with Crippen LogP contribution in [0.2, 0.25) is 5.02 Å². The molecule has 0 bridgehead atoms. The topological polar surface area (TPSA) is 6.48 Å². The van der Waals surface area contributed by atoms with Gasteiger partial charge in [-0.3, -0.25) is 4.90 Å². The van der Waals surface area contributed by atoms with Crippen LogP contribution in [0.15, 0.2) is 113 Å². The highest BCUT2D eigenvalue weighted by Gasteiger charge is 2.27. The monoisotopic (exact) mass is 570 g/mol. The fourth-order valence-electron chi connectivity index (χ4n) is 5.69. The summed E-state index contributed by atoms with van der Waals surface area (Å²) in [6.07, 6.45) is 2.16. The molecule has 39 heavy (non-hydrogen) atoms. The van der Waals surface area contributed by atoms with Gasteiger partial charge in [0, 0.05) is 58.0 Å². The summed E-state index contributed by atoms with van der Waals surface area (Å²) < 4.78 is 0. The van der Waals surface area contributed by atoms with Crippen molar-refractivity contribution in [3.05, 3.63) is 130 Å². The van der Waals surface area contributed by atoms with E-state index in [1.54, 1.807) is 0 Å². The standard InChI is InChI=1S/C34H35ClN2S2/c35-29-15-16-31-28(23-29)24-34(30-13-7-8-14-33(30)38-31)39-32(27-11-5-2-6-12-27)17-18-36-19-21-37(22-20-36)25-26-9-3-1-4-10-26/h1-16,23,32,34H,17-22,24-25H2/t32-,34-/m1/s1. The van der Waals surface area contributed by atoms with Gasteiger partial charge < -0.3 is 4.90 Å². The normalized spacial score (nSPS) is 18.6. The highest BCUT2D eigenvalue weighted by atomic mass is 35.5. The maximum absolute atomic E-state index is 6.46. The molecule has 5 heteroatoms. The van der Waals surface area contributed by atoms with Crippen molar-refractivity contribution in [3.8, 4) is 0 Å². The lowest BCUT2D eigenvalue weighted by molar-refractivity contribution is 0.126. The van der Waals surface area contributed by atoms with Crippen molar-refractivity contribution in [2.75, 3.05) is 32.7 Å². The molecule has 1 fully saturated rings. The Kier molecular flexibility index (Phi) is 8.97. The number of rotatable bonds is 8. The van der Waals surface area contributed by atoms with E-state index in [-0.39, 0.29) is 0 Å². The predicted octanol–water partition coefficient (Wildman–Crippen LogP) is 8.77. The van der Waals surface area contributed by atoms with Crippen molar-refractivity contribution >= 4 is 35.1 Å². The molecule has 0 unspecified atom stereocenters. The van der Waals surface area contributed by atoms with Crippen LogP contribution in [-0.4, -0.2) is 42.5 Å². The molecule has 2 nitrogen and oxygen atoms in total. The molecular formula is C34H35ClN2S2. The second-order valence-electron chi connectivity index (χ2n) is 10.5. The van der Waals surface area contributed by atoms with E-state index in [0.717, 1.165) is 57.1 Å². The van der Waals surface area contributed by atoms with Crippen molar-refractivity contribution < 1.29 is 0 Å². The van der Waals surface area contributed by atoms with Crippen molar-refractivity contribution in [1.29, 1.82) is 0 Å². The predicted molar refractivity (Wildman–Crippen MR) is 168 cm³/mol. The zero-order chi connectivity index (χ0) is 26.4. The molecule has 0 aliphatic carbocycles. The van der Waals surface area contributed by atoms with Crippen LogP contribution in [0.25, 0.3) is 0 Å². The van der Waals surface area contributed by atoms with Gasteiger partial charge in [0.1, 0.15) is 0 Å². The van der Waals surface area contributed by atoms with E-state index in [9.17, 15) is 0 Å². The van der Waals surface area contributed by atoms with Crippen LogP contribution in [0.1, 0.15) is 39.2 Å². The van der Waals surface area contributed by atoms with Gasteiger partial charge in [-0.25, -0.2) is 0 Å². The summed E-state index contributed by atoms with van der Waals surface area (Å²) in [7, 11) is 0. The summed E-state index contributed by atoms with van der Waals surface area (Å²) in [4.78, 5) is 7.97. The van der Waals surface area contributed by atoms with E-state index < -0.39 is 0 Å². The number of halogens is 1. The number of hydrogen-bond donors (Lipinski definition) is 0. The molecule has 0 amide bonds. The number of benzene rings is 4. The first kappa shape index (κ1) is 27.0. The second-order valence-corrected chi connectivity index (χ2v) is 13.4. The largest absolute Gasteiger partial charge is 0.301 e. The van der Waals surface area contributed by atoms with Gasteiger partial charge in [-0.15, -0.1) is 11.8 Å². The van der Waals surface area contributed by atoms with Gasteiger partial charge in [-0.1, -0.05) is 102 Å². The fraction of sp³-hybridized carbons (Fsp3) is 0.294. The lowest BCUT2D eigenvalue weighted by Crippen LogP contribution is -2.46. The van der Waals surface area contributed by atoms with Crippen LogP contribution in [0.5, 0.6) is 0 Å². The Bertz CT molecular complexity index is 1360. The first-order chi connectivity index (χ1) is 19.2. The van der Waals surface area contributed by atoms with Gasteiger partial charge >= 0.3 is 0 Å². The van der Waals surface area contributed by atoms with E-state index in [1.165, 1.54) is 32.0 Å². The van der Waals surface area contributed by atoms with E-state index >= 15 is 0 Å². The molecule has 2 aliphatic heterocycles. The Balaban J connectivity index is 1.16. The smallest absolute Gasteiger partial charge is 0.0409 e. The van der Waals surface area contributed by atoms with Crippen LogP contribution in [0, 0.1) is 0 Å². The van der Waals surface area contributed by atoms with Gasteiger partial charge in [-0.05, 0) is 65.9 Å². The van der Waals surface area contributed by atoms with Crippen molar-refractivity contribution in [2.45, 2.75) is 39.7 Å². The molecule has 1 saturated heterocycles. The molecule has 0 saturated carbocycles. The lowest BCUT2D eigenvalue weighted by atomic mass is 10.0. The highest BCUT2D eigenvalue weighted by molar-refractivity contribution is 8.00. The molecule has 6 rings (SSSR count). The number of nitrogens with zero attached hydrogens (tertiary/aromatic N) is 2. The molecule has 0 radical (unpaired) electrons. The highest BCUT2D eigenvalue weighted by Crippen LogP contribution is 2.50. The molecule has 0 aromatic heterocycles. The Labute approximate surface area is 246 Å². The minimum atomic E-state index is 0.390. The van der Waals surface area contributed by atoms with Gasteiger partial charge in [0.25, 0.3) is 0 Å². The summed E-state index contributed by atoms with van der Waals surface area (Å²) in [5, 5.41) is 1.66. The second kappa shape index (κ2) is 13.0. The Morgan fingerprint density at radius 2 is 1.46 bits per heavy atom. The SMILES string of the molecule is Clc1ccc2c(c1)C[C@@H](S[C@H](CCN1CCN(Cc3ccccc3)CC1)c1ccccc1)c1ccccc1S2. The summed E-state index contributed by atoms with van der Waals surface area (Å²) >= 11 is 10.5. The van der Waals surface area contributed by atoms with E-state index in [4.69, 9.17) is 11.6 Å². The van der Waals surface area contributed by atoms with Crippen LogP contribution in [0.3, 0.4) is 0 Å². The van der Waals surface area contributed by atoms with Gasteiger partial charge in [0.15, 0.2) is 0 Å². The first-order valence-electron chi connectivity index (χ1n) is 14.0. The van der Waals surface area contributed by atoms with Crippen molar-refractivity contribution in [2.24, 2.45) is 0 Å². The number of hydrogen-bond acceptors (Lipinski definition) is 4. The fourth-order valence-corrected chi connectivity index (χ4v) is 8.66. The Morgan fingerprint density at radius 3 is 2.26 bits per heavy atom. The molecule has 0 spiro atoms. The van der Waals surface area contributed by atoms with Crippen LogP contribution in [-0.2, 0) is 13.0 Å².